The summed E-state index contributed by atoms with van der Waals surface area (Å²) < 4.78 is 6.94. The lowest BCUT2D eigenvalue weighted by Crippen LogP contribution is -2.60. The van der Waals surface area contributed by atoms with Crippen molar-refractivity contribution in [1.82, 2.24) is 34.6 Å². The number of rotatable bonds is 4. The number of ether oxygens (including phenoxy) is 1. The van der Waals surface area contributed by atoms with Crippen LogP contribution in [0.2, 0.25) is 5.15 Å². The second-order valence-electron chi connectivity index (χ2n) is 8.67. The third kappa shape index (κ3) is 3.84. The number of nitrogens with one attached hydrogen (secondary N) is 1. The minimum absolute atomic E-state index is 0.0523. The largest absolute Gasteiger partial charge is 0.497 e. The Hall–Kier alpha value is -3.40. The maximum absolute atomic E-state index is 13.1. The third-order valence-corrected chi connectivity index (χ3v) is 6.80. The topological polar surface area (TPSA) is 105 Å². The van der Waals surface area contributed by atoms with Crippen LogP contribution in [-0.2, 0) is 13.6 Å². The summed E-state index contributed by atoms with van der Waals surface area (Å²) in [4.78, 5) is 41.9. The van der Waals surface area contributed by atoms with Crippen LogP contribution < -0.4 is 10.1 Å². The van der Waals surface area contributed by atoms with E-state index < -0.39 is 0 Å². The average molecular weight is 470 g/mol. The van der Waals surface area contributed by atoms with Gasteiger partial charge in [0.1, 0.15) is 28.6 Å². The maximum atomic E-state index is 13.1. The molecule has 33 heavy (non-hydrogen) atoms. The molecule has 10 nitrogen and oxygen atoms in total. The highest BCUT2D eigenvalue weighted by Gasteiger charge is 2.50. The number of carbonyl (C=O) groups is 2. The van der Waals surface area contributed by atoms with Crippen LogP contribution in [0.5, 0.6) is 5.75 Å². The summed E-state index contributed by atoms with van der Waals surface area (Å²) in [6, 6.07) is 5.18. The molecule has 3 aromatic heterocycles. The normalized spacial score (nSPS) is 16.8. The van der Waals surface area contributed by atoms with Gasteiger partial charge in [-0.1, -0.05) is 11.6 Å². The van der Waals surface area contributed by atoms with E-state index in [2.05, 4.69) is 20.3 Å². The molecular formula is C22H24ClN7O3. The van der Waals surface area contributed by atoms with Crippen LogP contribution in [0, 0.1) is 5.41 Å². The number of hydrogen-bond acceptors (Lipinski definition) is 6. The molecule has 2 aliphatic heterocycles. The number of urea groups is 1. The quantitative estimate of drug-likeness (QED) is 0.586. The van der Waals surface area contributed by atoms with E-state index >= 15 is 0 Å². The lowest BCUT2D eigenvalue weighted by atomic mass is 9.79. The number of aromatic nitrogens is 4. The Balaban J connectivity index is 1.18. The van der Waals surface area contributed by atoms with Gasteiger partial charge in [-0.05, 0) is 18.6 Å². The van der Waals surface area contributed by atoms with Crippen molar-refractivity contribution < 1.29 is 14.3 Å². The van der Waals surface area contributed by atoms with Crippen molar-refractivity contribution in [3.05, 3.63) is 47.3 Å². The molecule has 2 saturated heterocycles. The number of hydrogen-bond donors (Lipinski definition) is 1. The monoisotopic (exact) mass is 469 g/mol. The summed E-state index contributed by atoms with van der Waals surface area (Å²) in [5.41, 5.74) is 1.84. The lowest BCUT2D eigenvalue weighted by molar-refractivity contribution is 0.0116. The maximum Gasteiger partial charge on any atom is 0.317 e. The molecule has 0 unspecified atom stereocenters. The molecule has 3 aromatic rings. The van der Waals surface area contributed by atoms with Gasteiger partial charge in [0.2, 0.25) is 0 Å². The van der Waals surface area contributed by atoms with E-state index in [1.165, 1.54) is 6.33 Å². The Morgan fingerprint density at radius 2 is 1.97 bits per heavy atom. The molecule has 0 saturated carbocycles. The number of methoxy groups -OCH3 is 1. The number of aryl methyl sites for hydroxylation is 1. The molecule has 172 valence electrons. The Labute approximate surface area is 195 Å². The fraction of sp³-hybridized carbons (Fsp3) is 0.409. The van der Waals surface area contributed by atoms with Crippen molar-refractivity contribution in [3.8, 4) is 5.75 Å². The zero-order valence-electron chi connectivity index (χ0n) is 18.4. The molecular weight excluding hydrogens is 446 g/mol. The van der Waals surface area contributed by atoms with Crippen LogP contribution in [0.1, 0.15) is 22.6 Å². The Kier molecular flexibility index (Phi) is 5.32. The molecule has 1 N–H and O–H groups in total. The first-order valence-electron chi connectivity index (χ1n) is 10.7. The van der Waals surface area contributed by atoms with E-state index in [4.69, 9.17) is 16.3 Å². The number of fused-ring (bicyclic) bond motifs is 1. The Bertz CT molecular complexity index is 1240. The van der Waals surface area contributed by atoms with Crippen LogP contribution in [0.25, 0.3) is 11.0 Å². The van der Waals surface area contributed by atoms with E-state index in [1.807, 2.05) is 9.80 Å². The first kappa shape index (κ1) is 21.4. The molecule has 0 aliphatic carbocycles. The molecule has 0 bridgehead atoms. The van der Waals surface area contributed by atoms with Gasteiger partial charge in [-0.25, -0.2) is 14.8 Å². The van der Waals surface area contributed by atoms with Crippen molar-refractivity contribution in [2.45, 2.75) is 13.0 Å². The van der Waals surface area contributed by atoms with Gasteiger partial charge in [0.05, 0.1) is 24.7 Å². The molecule has 2 fully saturated rings. The van der Waals surface area contributed by atoms with Gasteiger partial charge < -0.3 is 24.4 Å². The number of pyridine rings is 1. The predicted octanol–water partition coefficient (Wildman–Crippen LogP) is 2.08. The van der Waals surface area contributed by atoms with Crippen molar-refractivity contribution in [2.75, 3.05) is 33.3 Å². The SMILES string of the molecule is COc1ccnc(CNC(=O)N2CCC3(C2)CN(C(=O)c2cc4c(Cl)ncnc4n2C)C3)c1. The van der Waals surface area contributed by atoms with Crippen molar-refractivity contribution in [3.63, 3.8) is 0 Å². The zero-order valence-corrected chi connectivity index (χ0v) is 19.2. The number of carbonyl (C=O) groups excluding carboxylic acids is 2. The van der Waals surface area contributed by atoms with Crippen molar-refractivity contribution in [1.29, 1.82) is 0 Å². The van der Waals surface area contributed by atoms with Gasteiger partial charge in [0.15, 0.2) is 0 Å². The smallest absolute Gasteiger partial charge is 0.317 e. The Morgan fingerprint density at radius 1 is 1.18 bits per heavy atom. The van der Waals surface area contributed by atoms with E-state index in [9.17, 15) is 9.59 Å². The molecule has 11 heteroatoms. The number of nitrogens with zero attached hydrogens (tertiary/aromatic N) is 6. The highest BCUT2D eigenvalue weighted by molar-refractivity contribution is 6.34. The van der Waals surface area contributed by atoms with Crippen molar-refractivity contribution in [2.24, 2.45) is 12.5 Å². The number of halogens is 1. The fourth-order valence-electron chi connectivity index (χ4n) is 4.70. The first-order valence-corrected chi connectivity index (χ1v) is 11.0. The summed E-state index contributed by atoms with van der Waals surface area (Å²) in [6.45, 7) is 2.86. The fourth-order valence-corrected chi connectivity index (χ4v) is 4.89. The minimum Gasteiger partial charge on any atom is -0.497 e. The van der Waals surface area contributed by atoms with Gasteiger partial charge in [0.25, 0.3) is 5.91 Å². The lowest BCUT2D eigenvalue weighted by Gasteiger charge is -2.47. The summed E-state index contributed by atoms with van der Waals surface area (Å²) in [5, 5.41) is 3.92. The summed E-state index contributed by atoms with van der Waals surface area (Å²) >= 11 is 6.16. The van der Waals surface area contributed by atoms with Crippen LogP contribution in [0.15, 0.2) is 30.7 Å². The zero-order chi connectivity index (χ0) is 23.2. The average Bonchev–Trinajstić information content (AvgIpc) is 3.40. The molecule has 3 amide bonds. The molecule has 5 heterocycles. The molecule has 0 atom stereocenters. The molecule has 0 radical (unpaired) electrons. The summed E-state index contributed by atoms with van der Waals surface area (Å²) in [7, 11) is 3.39. The van der Waals surface area contributed by atoms with Gasteiger partial charge in [-0.2, -0.15) is 0 Å². The highest BCUT2D eigenvalue weighted by atomic mass is 35.5. The molecule has 2 aliphatic rings. The predicted molar refractivity (Wildman–Crippen MR) is 121 cm³/mol. The second kappa shape index (κ2) is 8.18. The van der Waals surface area contributed by atoms with Gasteiger partial charge in [-0.3, -0.25) is 9.78 Å². The van der Waals surface area contributed by atoms with Gasteiger partial charge >= 0.3 is 6.03 Å². The first-order chi connectivity index (χ1) is 15.9. The van der Waals surface area contributed by atoms with E-state index in [-0.39, 0.29) is 17.4 Å². The summed E-state index contributed by atoms with van der Waals surface area (Å²) in [6.07, 6.45) is 3.91. The van der Waals surface area contributed by atoms with Crippen LogP contribution in [0.3, 0.4) is 0 Å². The number of amides is 3. The highest BCUT2D eigenvalue weighted by Crippen LogP contribution is 2.40. The van der Waals surface area contributed by atoms with E-state index in [0.29, 0.717) is 60.4 Å². The van der Waals surface area contributed by atoms with Gasteiger partial charge in [-0.15, -0.1) is 0 Å². The molecule has 5 rings (SSSR count). The van der Waals surface area contributed by atoms with Crippen LogP contribution >= 0.6 is 11.6 Å². The minimum atomic E-state index is -0.122. The molecule has 0 aromatic carbocycles. The van der Waals surface area contributed by atoms with Crippen LogP contribution in [-0.4, -0.2) is 74.5 Å². The second-order valence-corrected chi connectivity index (χ2v) is 9.03. The molecule has 1 spiro atoms. The summed E-state index contributed by atoms with van der Waals surface area (Å²) in [5.74, 6) is 0.637. The van der Waals surface area contributed by atoms with Gasteiger partial charge in [0, 0.05) is 50.9 Å². The number of likely N-dealkylation sites (tertiary alicyclic amines) is 2. The van der Waals surface area contributed by atoms with Crippen LogP contribution in [0.4, 0.5) is 4.79 Å². The standard InChI is InChI=1S/C22H24ClN7O3/c1-28-17(8-16-18(23)26-13-27-19(16)28)20(31)30-11-22(12-30)4-6-29(10-22)21(32)25-9-14-7-15(33-2)3-5-24-14/h3,5,7-8,13H,4,6,9-12H2,1-2H3,(H,25,32). The Morgan fingerprint density at radius 3 is 2.73 bits per heavy atom. The van der Waals surface area contributed by atoms with E-state index in [1.54, 1.807) is 43.1 Å². The van der Waals surface area contributed by atoms with Crippen molar-refractivity contribution >= 4 is 34.6 Å². The van der Waals surface area contributed by atoms with E-state index in [0.717, 1.165) is 12.1 Å². The third-order valence-electron chi connectivity index (χ3n) is 6.50.